The van der Waals surface area contributed by atoms with Crippen molar-refractivity contribution in [2.45, 2.75) is 33.8 Å². The topological polar surface area (TPSA) is 74.2 Å². The van der Waals surface area contributed by atoms with Crippen LogP contribution in [0.3, 0.4) is 0 Å². The van der Waals surface area contributed by atoms with E-state index in [2.05, 4.69) is 47.3 Å². The van der Waals surface area contributed by atoms with E-state index in [1.165, 1.54) is 21.0 Å². The Balaban J connectivity index is 1.98. The first-order chi connectivity index (χ1) is 13.3. The van der Waals surface area contributed by atoms with Gasteiger partial charge in [-0.05, 0) is 25.0 Å². The van der Waals surface area contributed by atoms with Gasteiger partial charge in [-0.2, -0.15) is 0 Å². The summed E-state index contributed by atoms with van der Waals surface area (Å²) in [6, 6.07) is 6.41. The molecule has 28 heavy (non-hydrogen) atoms. The molecule has 1 N–H and O–H groups in total. The minimum atomic E-state index is -3.25. The number of aryl methyl sites for hydroxylation is 2. The normalized spacial score (nSPS) is 18.6. The fourth-order valence-electron chi connectivity index (χ4n) is 3.59. The van der Waals surface area contributed by atoms with E-state index in [1.807, 2.05) is 13.8 Å². The third kappa shape index (κ3) is 5.68. The van der Waals surface area contributed by atoms with Gasteiger partial charge in [-0.1, -0.05) is 37.6 Å². The number of sulfonamides is 1. The van der Waals surface area contributed by atoms with Crippen molar-refractivity contribution in [1.29, 1.82) is 0 Å². The number of morpholine rings is 1. The molecule has 1 unspecified atom stereocenters. The highest BCUT2D eigenvalue weighted by atomic mass is 32.2. The third-order valence-electron chi connectivity index (χ3n) is 5.09. The van der Waals surface area contributed by atoms with Crippen LogP contribution >= 0.6 is 0 Å². The maximum atomic E-state index is 12.4. The van der Waals surface area contributed by atoms with Crippen LogP contribution in [-0.4, -0.2) is 75.7 Å². The van der Waals surface area contributed by atoms with Crippen molar-refractivity contribution in [3.8, 4) is 0 Å². The first kappa shape index (κ1) is 22.6. The molecule has 1 aromatic rings. The lowest BCUT2D eigenvalue weighted by molar-refractivity contribution is -0.00828. The number of ether oxygens (including phenoxy) is 1. The highest BCUT2D eigenvalue weighted by Gasteiger charge is 2.26. The van der Waals surface area contributed by atoms with Crippen molar-refractivity contribution in [3.05, 3.63) is 34.9 Å². The van der Waals surface area contributed by atoms with Gasteiger partial charge in [0, 0.05) is 33.2 Å². The Labute approximate surface area is 169 Å². The molecule has 2 rings (SSSR count). The smallest absolute Gasteiger partial charge is 0.215 e. The molecule has 1 fully saturated rings. The fraction of sp³-hybridized carbons (Fsp3) is 0.650. The van der Waals surface area contributed by atoms with Gasteiger partial charge in [0.15, 0.2) is 5.96 Å². The van der Waals surface area contributed by atoms with Gasteiger partial charge in [-0.3, -0.25) is 4.99 Å². The van der Waals surface area contributed by atoms with Crippen LogP contribution in [0, 0.1) is 13.8 Å². The third-order valence-corrected chi connectivity index (χ3v) is 7.12. The minimum Gasteiger partial charge on any atom is -0.370 e. The minimum absolute atomic E-state index is 0.0210. The Morgan fingerprint density at radius 1 is 1.32 bits per heavy atom. The second-order valence-corrected chi connectivity index (χ2v) is 9.13. The number of nitrogens with zero attached hydrogens (tertiary/aromatic N) is 3. The van der Waals surface area contributed by atoms with Crippen LogP contribution in [0.5, 0.6) is 0 Å². The monoisotopic (exact) mass is 410 g/mol. The number of aliphatic imine (C=N–C) groups is 1. The average Bonchev–Trinajstić information content (AvgIpc) is 2.66. The second kappa shape index (κ2) is 10.2. The molecule has 158 valence electrons. The zero-order valence-corrected chi connectivity index (χ0v) is 18.6. The SMILES string of the molecule is CCN(CC)S(=O)(=O)CCNC(=NC)N1CCOC(c2ccc(C)cc2C)C1. The van der Waals surface area contributed by atoms with Crippen molar-refractivity contribution in [3.63, 3.8) is 0 Å². The van der Waals surface area contributed by atoms with Crippen molar-refractivity contribution in [1.82, 2.24) is 14.5 Å². The Hall–Kier alpha value is -1.64. The van der Waals surface area contributed by atoms with Crippen molar-refractivity contribution in [2.24, 2.45) is 4.99 Å². The zero-order chi connectivity index (χ0) is 20.7. The molecule has 0 aliphatic carbocycles. The van der Waals surface area contributed by atoms with Gasteiger partial charge in [-0.15, -0.1) is 0 Å². The number of rotatable bonds is 7. The van der Waals surface area contributed by atoms with Crippen LogP contribution in [0.1, 0.15) is 36.6 Å². The van der Waals surface area contributed by atoms with E-state index in [0.29, 0.717) is 38.7 Å². The summed E-state index contributed by atoms with van der Waals surface area (Å²) >= 11 is 0. The first-order valence-electron chi connectivity index (χ1n) is 9.94. The molecule has 1 aromatic carbocycles. The van der Waals surface area contributed by atoms with Gasteiger partial charge in [0.1, 0.15) is 6.10 Å². The standard InChI is InChI=1S/C20H34N4O3S/c1-6-24(7-2)28(25,26)13-10-22-20(21-5)23-11-12-27-19(15-23)18-9-8-16(3)14-17(18)4/h8-9,14,19H,6-7,10-13,15H2,1-5H3,(H,21,22). The van der Waals surface area contributed by atoms with Crippen LogP contribution in [0.4, 0.5) is 0 Å². The van der Waals surface area contributed by atoms with E-state index in [9.17, 15) is 8.42 Å². The summed E-state index contributed by atoms with van der Waals surface area (Å²) in [5, 5.41) is 3.21. The Bertz CT molecular complexity index is 776. The van der Waals surface area contributed by atoms with Crippen LogP contribution in [0.25, 0.3) is 0 Å². The maximum Gasteiger partial charge on any atom is 0.215 e. The molecule has 0 bridgehead atoms. The summed E-state index contributed by atoms with van der Waals surface area (Å²) in [4.78, 5) is 6.49. The summed E-state index contributed by atoms with van der Waals surface area (Å²) in [6.45, 7) is 11.2. The van der Waals surface area contributed by atoms with Gasteiger partial charge in [0.25, 0.3) is 0 Å². The molecule has 0 saturated carbocycles. The van der Waals surface area contributed by atoms with Crippen LogP contribution in [0.15, 0.2) is 23.2 Å². The van der Waals surface area contributed by atoms with E-state index in [4.69, 9.17) is 4.74 Å². The molecule has 0 amide bonds. The van der Waals surface area contributed by atoms with E-state index in [-0.39, 0.29) is 11.9 Å². The number of hydrogen-bond donors (Lipinski definition) is 1. The number of nitrogens with one attached hydrogen (secondary N) is 1. The Morgan fingerprint density at radius 2 is 2.04 bits per heavy atom. The Kier molecular flexibility index (Phi) is 8.27. The molecule has 0 spiro atoms. The van der Waals surface area contributed by atoms with Gasteiger partial charge >= 0.3 is 0 Å². The number of benzene rings is 1. The molecule has 0 radical (unpaired) electrons. The summed E-state index contributed by atoms with van der Waals surface area (Å²) < 4.78 is 32.2. The molecule has 8 heteroatoms. The van der Waals surface area contributed by atoms with Gasteiger partial charge in [0.05, 0.1) is 18.9 Å². The number of guanidine groups is 1. The van der Waals surface area contributed by atoms with Crippen LogP contribution < -0.4 is 5.32 Å². The summed E-state index contributed by atoms with van der Waals surface area (Å²) in [5.74, 6) is 0.770. The molecule has 1 saturated heterocycles. The largest absolute Gasteiger partial charge is 0.370 e. The number of hydrogen-bond acceptors (Lipinski definition) is 4. The molecule has 1 aliphatic rings. The zero-order valence-electron chi connectivity index (χ0n) is 17.7. The van der Waals surface area contributed by atoms with Crippen molar-refractivity contribution < 1.29 is 13.2 Å². The maximum absolute atomic E-state index is 12.4. The molecular weight excluding hydrogens is 376 g/mol. The van der Waals surface area contributed by atoms with E-state index >= 15 is 0 Å². The molecule has 1 heterocycles. The molecular formula is C20H34N4O3S. The van der Waals surface area contributed by atoms with E-state index in [1.54, 1.807) is 7.05 Å². The van der Waals surface area contributed by atoms with Gasteiger partial charge < -0.3 is 15.0 Å². The lowest BCUT2D eigenvalue weighted by Crippen LogP contribution is -2.49. The molecule has 1 aliphatic heterocycles. The summed E-state index contributed by atoms with van der Waals surface area (Å²) in [5.41, 5.74) is 3.65. The van der Waals surface area contributed by atoms with Crippen molar-refractivity contribution in [2.75, 3.05) is 52.1 Å². The average molecular weight is 411 g/mol. The first-order valence-corrected chi connectivity index (χ1v) is 11.6. The van der Waals surface area contributed by atoms with Crippen molar-refractivity contribution >= 4 is 16.0 Å². The van der Waals surface area contributed by atoms with Gasteiger partial charge in [0.2, 0.25) is 10.0 Å². The van der Waals surface area contributed by atoms with Gasteiger partial charge in [-0.25, -0.2) is 12.7 Å². The Morgan fingerprint density at radius 3 is 2.64 bits per heavy atom. The quantitative estimate of drug-likeness (QED) is 0.549. The predicted octanol–water partition coefficient (Wildman–Crippen LogP) is 1.92. The van der Waals surface area contributed by atoms with Crippen LogP contribution in [0.2, 0.25) is 0 Å². The van der Waals surface area contributed by atoms with Crippen LogP contribution in [-0.2, 0) is 14.8 Å². The van der Waals surface area contributed by atoms with E-state index in [0.717, 1.165) is 6.54 Å². The molecule has 7 nitrogen and oxygen atoms in total. The highest BCUT2D eigenvalue weighted by molar-refractivity contribution is 7.89. The van der Waals surface area contributed by atoms with E-state index < -0.39 is 10.0 Å². The fourth-order valence-corrected chi connectivity index (χ4v) is 4.99. The second-order valence-electron chi connectivity index (χ2n) is 7.04. The summed E-state index contributed by atoms with van der Waals surface area (Å²) in [6.07, 6.45) is -0.0210. The lowest BCUT2D eigenvalue weighted by atomic mass is 10.00. The highest BCUT2D eigenvalue weighted by Crippen LogP contribution is 2.25. The molecule has 0 aromatic heterocycles. The lowest BCUT2D eigenvalue weighted by Gasteiger charge is -2.36. The predicted molar refractivity (Wildman–Crippen MR) is 114 cm³/mol. The summed E-state index contributed by atoms with van der Waals surface area (Å²) in [7, 11) is -1.52. The molecule has 1 atom stereocenters.